The van der Waals surface area contributed by atoms with Crippen LogP contribution >= 0.6 is 15.9 Å². The summed E-state index contributed by atoms with van der Waals surface area (Å²) < 4.78 is 0.638. The predicted octanol–water partition coefficient (Wildman–Crippen LogP) is 2.15. The van der Waals surface area contributed by atoms with E-state index in [1.54, 1.807) is 6.07 Å². The molecule has 4 N–H and O–H groups in total. The average Bonchev–Trinajstić information content (AvgIpc) is 2.15. The lowest BCUT2D eigenvalue weighted by molar-refractivity contribution is 0.168. The standard InChI is InChI=1S/C11H16BrNO2/c1-6-5-9(15)11(12)7(2)10(6)8(14)3-4-13/h5,8,14-15H,3-4,13H2,1-2H3. The fraction of sp³-hybridized carbons (Fsp3) is 0.455. The molecule has 1 rings (SSSR count). The highest BCUT2D eigenvalue weighted by molar-refractivity contribution is 9.10. The van der Waals surface area contributed by atoms with Gasteiger partial charge in [-0.3, -0.25) is 0 Å². The molecule has 0 aromatic heterocycles. The Bertz CT molecular complexity index is 366. The molecule has 1 aromatic carbocycles. The third-order valence-corrected chi connectivity index (χ3v) is 3.51. The molecule has 0 fully saturated rings. The fourth-order valence-electron chi connectivity index (χ4n) is 1.77. The number of aromatic hydroxyl groups is 1. The van der Waals surface area contributed by atoms with Crippen LogP contribution in [-0.2, 0) is 0 Å². The lowest BCUT2D eigenvalue weighted by Crippen LogP contribution is -2.09. The van der Waals surface area contributed by atoms with Crippen LogP contribution in [0.4, 0.5) is 0 Å². The first kappa shape index (κ1) is 12.5. The Morgan fingerprint density at radius 1 is 1.47 bits per heavy atom. The molecule has 0 spiro atoms. The molecule has 0 saturated carbocycles. The maximum atomic E-state index is 9.92. The lowest BCUT2D eigenvalue weighted by Gasteiger charge is -2.17. The molecular weight excluding hydrogens is 258 g/mol. The number of aryl methyl sites for hydroxylation is 1. The van der Waals surface area contributed by atoms with Crippen LogP contribution in [0.1, 0.15) is 29.2 Å². The summed E-state index contributed by atoms with van der Waals surface area (Å²) in [6, 6.07) is 1.64. The van der Waals surface area contributed by atoms with Crippen molar-refractivity contribution in [3.8, 4) is 5.75 Å². The van der Waals surface area contributed by atoms with Crippen LogP contribution in [0.3, 0.4) is 0 Å². The van der Waals surface area contributed by atoms with Crippen molar-refractivity contribution in [2.45, 2.75) is 26.4 Å². The van der Waals surface area contributed by atoms with Crippen LogP contribution in [0.25, 0.3) is 0 Å². The normalized spacial score (nSPS) is 12.9. The Morgan fingerprint density at radius 2 is 2.07 bits per heavy atom. The highest BCUT2D eigenvalue weighted by atomic mass is 79.9. The fourth-order valence-corrected chi connectivity index (χ4v) is 2.10. The van der Waals surface area contributed by atoms with E-state index in [0.717, 1.165) is 16.7 Å². The van der Waals surface area contributed by atoms with Crippen LogP contribution in [0.5, 0.6) is 5.75 Å². The molecule has 3 nitrogen and oxygen atoms in total. The highest BCUT2D eigenvalue weighted by Crippen LogP contribution is 2.35. The molecule has 0 aliphatic carbocycles. The molecule has 0 bridgehead atoms. The zero-order valence-corrected chi connectivity index (χ0v) is 10.5. The van der Waals surface area contributed by atoms with Crippen LogP contribution in [0, 0.1) is 13.8 Å². The number of aliphatic hydroxyl groups excluding tert-OH is 1. The minimum atomic E-state index is -0.563. The van der Waals surface area contributed by atoms with Gasteiger partial charge in [-0.2, -0.15) is 0 Å². The van der Waals surface area contributed by atoms with Gasteiger partial charge in [0.2, 0.25) is 0 Å². The first-order valence-electron chi connectivity index (χ1n) is 4.85. The second kappa shape index (κ2) is 4.96. The minimum Gasteiger partial charge on any atom is -0.507 e. The molecule has 1 atom stereocenters. The van der Waals surface area contributed by atoms with Gasteiger partial charge in [-0.05, 0) is 65.5 Å². The first-order chi connectivity index (χ1) is 6.99. The van der Waals surface area contributed by atoms with Crippen molar-refractivity contribution in [3.63, 3.8) is 0 Å². The second-order valence-electron chi connectivity index (χ2n) is 3.66. The van der Waals surface area contributed by atoms with Gasteiger partial charge in [0.05, 0.1) is 10.6 Å². The number of hydrogen-bond donors (Lipinski definition) is 3. The van der Waals surface area contributed by atoms with Gasteiger partial charge in [0, 0.05) is 0 Å². The Kier molecular flexibility index (Phi) is 4.13. The summed E-state index contributed by atoms with van der Waals surface area (Å²) in [7, 11) is 0. The third kappa shape index (κ3) is 2.51. The van der Waals surface area contributed by atoms with Gasteiger partial charge in [-0.15, -0.1) is 0 Å². The number of halogens is 1. The SMILES string of the molecule is Cc1cc(O)c(Br)c(C)c1C(O)CCN. The molecule has 0 saturated heterocycles. The molecule has 1 unspecified atom stereocenters. The third-order valence-electron chi connectivity index (χ3n) is 2.51. The lowest BCUT2D eigenvalue weighted by atomic mass is 9.96. The van der Waals surface area contributed by atoms with Gasteiger partial charge in [-0.25, -0.2) is 0 Å². The summed E-state index contributed by atoms with van der Waals surface area (Å²) >= 11 is 3.29. The minimum absolute atomic E-state index is 0.202. The number of phenols is 1. The van der Waals surface area contributed by atoms with Crippen molar-refractivity contribution in [2.75, 3.05) is 6.54 Å². The zero-order valence-electron chi connectivity index (χ0n) is 8.92. The number of rotatable bonds is 3. The van der Waals surface area contributed by atoms with Gasteiger partial charge >= 0.3 is 0 Å². The van der Waals surface area contributed by atoms with Crippen LogP contribution in [-0.4, -0.2) is 16.8 Å². The molecule has 0 radical (unpaired) electrons. The maximum Gasteiger partial charge on any atom is 0.130 e. The van der Waals surface area contributed by atoms with E-state index in [4.69, 9.17) is 5.73 Å². The van der Waals surface area contributed by atoms with E-state index in [0.29, 0.717) is 17.4 Å². The van der Waals surface area contributed by atoms with Crippen molar-refractivity contribution in [2.24, 2.45) is 5.73 Å². The smallest absolute Gasteiger partial charge is 0.130 e. The van der Waals surface area contributed by atoms with Crippen LogP contribution in [0.2, 0.25) is 0 Å². The average molecular weight is 274 g/mol. The van der Waals surface area contributed by atoms with E-state index in [9.17, 15) is 10.2 Å². The van der Waals surface area contributed by atoms with Gasteiger partial charge in [0.1, 0.15) is 5.75 Å². The van der Waals surface area contributed by atoms with Crippen LogP contribution in [0.15, 0.2) is 10.5 Å². The number of nitrogens with two attached hydrogens (primary N) is 1. The molecule has 0 amide bonds. The molecule has 0 aliphatic rings. The Hall–Kier alpha value is -0.580. The van der Waals surface area contributed by atoms with E-state index < -0.39 is 6.10 Å². The van der Waals surface area contributed by atoms with Crippen molar-refractivity contribution in [3.05, 3.63) is 27.2 Å². The molecule has 4 heteroatoms. The number of aliphatic hydroxyl groups is 1. The number of phenolic OH excluding ortho intramolecular Hbond substituents is 1. The van der Waals surface area contributed by atoms with E-state index in [-0.39, 0.29) is 5.75 Å². The second-order valence-corrected chi connectivity index (χ2v) is 4.45. The Morgan fingerprint density at radius 3 is 2.60 bits per heavy atom. The Labute approximate surface area is 98.1 Å². The number of hydrogen-bond acceptors (Lipinski definition) is 3. The summed E-state index contributed by atoms with van der Waals surface area (Å²) in [4.78, 5) is 0. The first-order valence-corrected chi connectivity index (χ1v) is 5.65. The largest absolute Gasteiger partial charge is 0.507 e. The van der Waals surface area contributed by atoms with Crippen molar-refractivity contribution >= 4 is 15.9 Å². The summed E-state index contributed by atoms with van der Waals surface area (Å²) in [6.07, 6.45) is -0.0364. The van der Waals surface area contributed by atoms with Gasteiger partial charge in [0.25, 0.3) is 0 Å². The van der Waals surface area contributed by atoms with Crippen molar-refractivity contribution in [1.29, 1.82) is 0 Å². The van der Waals surface area contributed by atoms with E-state index in [1.807, 2.05) is 13.8 Å². The van der Waals surface area contributed by atoms with E-state index in [1.165, 1.54) is 0 Å². The van der Waals surface area contributed by atoms with Gasteiger partial charge in [0.15, 0.2) is 0 Å². The maximum absolute atomic E-state index is 9.92. The Balaban J connectivity index is 3.23. The monoisotopic (exact) mass is 273 g/mol. The van der Waals surface area contributed by atoms with Crippen molar-refractivity contribution in [1.82, 2.24) is 0 Å². The van der Waals surface area contributed by atoms with E-state index in [2.05, 4.69) is 15.9 Å². The van der Waals surface area contributed by atoms with E-state index >= 15 is 0 Å². The molecule has 0 heterocycles. The van der Waals surface area contributed by atoms with Gasteiger partial charge in [-0.1, -0.05) is 0 Å². The molecule has 0 aliphatic heterocycles. The van der Waals surface area contributed by atoms with Gasteiger partial charge < -0.3 is 15.9 Å². The summed E-state index contributed by atoms with van der Waals surface area (Å²) in [5.41, 5.74) is 8.02. The molecule has 1 aromatic rings. The molecule has 84 valence electrons. The summed E-state index contributed by atoms with van der Waals surface area (Å²) in [5.74, 6) is 0.202. The van der Waals surface area contributed by atoms with Crippen molar-refractivity contribution < 1.29 is 10.2 Å². The quantitative estimate of drug-likeness (QED) is 0.791. The molecule has 15 heavy (non-hydrogen) atoms. The zero-order chi connectivity index (χ0) is 11.6. The van der Waals surface area contributed by atoms with Crippen LogP contribution < -0.4 is 5.73 Å². The topological polar surface area (TPSA) is 66.5 Å². The number of benzene rings is 1. The molecular formula is C11H16BrNO2. The summed E-state index contributed by atoms with van der Waals surface area (Å²) in [6.45, 7) is 4.18. The highest BCUT2D eigenvalue weighted by Gasteiger charge is 2.16. The summed E-state index contributed by atoms with van der Waals surface area (Å²) in [5, 5.41) is 19.5. The predicted molar refractivity (Wildman–Crippen MR) is 63.9 cm³/mol.